The molecule has 0 bridgehead atoms. The number of aromatic nitrogens is 1. The molecule has 2 aromatic heterocycles. The van der Waals surface area contributed by atoms with Crippen molar-refractivity contribution >= 4 is 17.2 Å². The molecule has 0 radical (unpaired) electrons. The molecule has 0 spiro atoms. The molecule has 5 nitrogen and oxygen atoms in total. The largest absolute Gasteiger partial charge is 0.467 e. The Hall–Kier alpha value is -2.91. The molecule has 3 rings (SSSR count). The highest BCUT2D eigenvalue weighted by molar-refractivity contribution is 7.13. The predicted octanol–water partition coefficient (Wildman–Crippen LogP) is 3.96. The molecule has 6 heteroatoms. The molecule has 0 fully saturated rings. The van der Waals surface area contributed by atoms with Gasteiger partial charge >= 0.3 is 0 Å². The summed E-state index contributed by atoms with van der Waals surface area (Å²) in [5.74, 6) is 0.486. The maximum Gasteiger partial charge on any atom is 0.273 e. The molecule has 0 N–H and O–H groups in total. The van der Waals surface area contributed by atoms with Crippen LogP contribution in [0.1, 0.15) is 22.7 Å². The highest BCUT2D eigenvalue weighted by Gasteiger charge is 2.20. The van der Waals surface area contributed by atoms with E-state index in [1.54, 1.807) is 22.6 Å². The number of hydrogen-bond donors (Lipinski definition) is 0. The lowest BCUT2D eigenvalue weighted by Crippen LogP contribution is -2.31. The molecular formula is C18H15N3O2S. The van der Waals surface area contributed by atoms with E-state index in [4.69, 9.17) is 9.68 Å². The van der Waals surface area contributed by atoms with Crippen LogP contribution in [0.5, 0.6) is 0 Å². The summed E-state index contributed by atoms with van der Waals surface area (Å²) in [6.07, 6.45) is 1.83. The molecule has 3 aromatic rings. The van der Waals surface area contributed by atoms with Gasteiger partial charge in [0.05, 0.1) is 25.3 Å². The summed E-state index contributed by atoms with van der Waals surface area (Å²) in [7, 11) is 0. The van der Waals surface area contributed by atoms with Crippen molar-refractivity contribution in [3.63, 3.8) is 0 Å². The van der Waals surface area contributed by atoms with Gasteiger partial charge in [-0.05, 0) is 12.1 Å². The van der Waals surface area contributed by atoms with Gasteiger partial charge in [0.25, 0.3) is 5.91 Å². The van der Waals surface area contributed by atoms with Crippen molar-refractivity contribution in [3.8, 4) is 16.6 Å². The summed E-state index contributed by atoms with van der Waals surface area (Å²) < 4.78 is 5.31. The first kappa shape index (κ1) is 16.0. The Kier molecular flexibility index (Phi) is 5.04. The Bertz CT molecular complexity index is 835. The highest BCUT2D eigenvalue weighted by atomic mass is 32.1. The average molecular weight is 337 g/mol. The van der Waals surface area contributed by atoms with Gasteiger partial charge in [-0.1, -0.05) is 30.3 Å². The zero-order chi connectivity index (χ0) is 16.8. The molecular weight excluding hydrogens is 322 g/mol. The predicted molar refractivity (Wildman–Crippen MR) is 91.2 cm³/mol. The molecule has 0 saturated carbocycles. The van der Waals surface area contributed by atoms with Gasteiger partial charge in [0.1, 0.15) is 16.5 Å². The normalized spacial score (nSPS) is 10.3. The van der Waals surface area contributed by atoms with Crippen molar-refractivity contribution in [2.75, 3.05) is 6.54 Å². The first-order chi connectivity index (χ1) is 11.8. The number of furan rings is 1. The van der Waals surface area contributed by atoms with E-state index < -0.39 is 0 Å². The monoisotopic (exact) mass is 337 g/mol. The lowest BCUT2D eigenvalue weighted by molar-refractivity contribution is 0.0730. The Balaban J connectivity index is 1.79. The van der Waals surface area contributed by atoms with Crippen LogP contribution in [-0.2, 0) is 6.54 Å². The van der Waals surface area contributed by atoms with Crippen LogP contribution in [0.3, 0.4) is 0 Å². The second kappa shape index (κ2) is 7.57. The third kappa shape index (κ3) is 3.70. The maximum absolute atomic E-state index is 12.7. The fourth-order valence-corrected chi connectivity index (χ4v) is 3.08. The van der Waals surface area contributed by atoms with Crippen molar-refractivity contribution in [2.24, 2.45) is 0 Å². The first-order valence-corrected chi connectivity index (χ1v) is 8.35. The minimum Gasteiger partial charge on any atom is -0.467 e. The number of benzene rings is 1. The average Bonchev–Trinajstić information content (AvgIpc) is 3.30. The molecule has 0 atom stereocenters. The molecule has 0 saturated heterocycles. The Labute approximate surface area is 143 Å². The van der Waals surface area contributed by atoms with Gasteiger partial charge in [-0.3, -0.25) is 4.79 Å². The Morgan fingerprint density at radius 2 is 2.08 bits per heavy atom. The van der Waals surface area contributed by atoms with Crippen LogP contribution in [-0.4, -0.2) is 22.3 Å². The summed E-state index contributed by atoms with van der Waals surface area (Å²) in [5, 5.41) is 11.4. The van der Waals surface area contributed by atoms with E-state index >= 15 is 0 Å². The van der Waals surface area contributed by atoms with E-state index in [1.807, 2.05) is 36.4 Å². The summed E-state index contributed by atoms with van der Waals surface area (Å²) in [6.45, 7) is 0.667. The summed E-state index contributed by atoms with van der Waals surface area (Å²) in [5.41, 5.74) is 1.37. The standard InChI is InChI=1S/C18H15N3O2S/c19-9-5-10-21(12-15-8-4-11-23-15)18(22)16-13-24-17(20-16)14-6-2-1-3-7-14/h1-4,6-8,11,13H,5,10,12H2. The number of rotatable bonds is 6. The van der Waals surface area contributed by atoms with E-state index in [0.717, 1.165) is 10.6 Å². The van der Waals surface area contributed by atoms with Gasteiger partial charge in [0.15, 0.2) is 0 Å². The third-order valence-electron chi connectivity index (χ3n) is 3.45. The number of amides is 1. The number of carbonyl (C=O) groups excluding carboxylic acids is 1. The van der Waals surface area contributed by atoms with E-state index in [2.05, 4.69) is 11.1 Å². The van der Waals surface area contributed by atoms with Crippen LogP contribution in [0.15, 0.2) is 58.5 Å². The van der Waals surface area contributed by atoms with Gasteiger partial charge in [-0.15, -0.1) is 11.3 Å². The zero-order valence-electron chi connectivity index (χ0n) is 12.9. The molecule has 0 aliphatic rings. The third-order valence-corrected chi connectivity index (χ3v) is 4.34. The van der Waals surface area contributed by atoms with E-state index in [0.29, 0.717) is 24.5 Å². The smallest absolute Gasteiger partial charge is 0.273 e. The van der Waals surface area contributed by atoms with Crippen LogP contribution in [0.4, 0.5) is 0 Å². The van der Waals surface area contributed by atoms with Crippen LogP contribution in [0, 0.1) is 11.3 Å². The fraction of sp³-hybridized carbons (Fsp3) is 0.167. The molecule has 120 valence electrons. The van der Waals surface area contributed by atoms with Crippen LogP contribution in [0.25, 0.3) is 10.6 Å². The summed E-state index contributed by atoms with van der Waals surface area (Å²) in [6, 6.07) is 15.4. The van der Waals surface area contributed by atoms with Crippen LogP contribution in [0.2, 0.25) is 0 Å². The van der Waals surface area contributed by atoms with Crippen LogP contribution < -0.4 is 0 Å². The fourth-order valence-electron chi connectivity index (χ4n) is 2.28. The van der Waals surface area contributed by atoms with Crippen molar-refractivity contribution in [2.45, 2.75) is 13.0 Å². The maximum atomic E-state index is 12.7. The number of thiazole rings is 1. The SMILES string of the molecule is N#CCCN(Cc1ccco1)C(=O)c1csc(-c2ccccc2)n1. The molecule has 1 aromatic carbocycles. The van der Waals surface area contributed by atoms with E-state index in [-0.39, 0.29) is 12.3 Å². The molecule has 0 unspecified atom stereocenters. The number of nitrogens with zero attached hydrogens (tertiary/aromatic N) is 3. The number of nitriles is 1. The van der Waals surface area contributed by atoms with Gasteiger partial charge in [-0.2, -0.15) is 5.26 Å². The minimum atomic E-state index is -0.194. The first-order valence-electron chi connectivity index (χ1n) is 7.47. The Morgan fingerprint density at radius 1 is 1.25 bits per heavy atom. The van der Waals surface area contributed by atoms with E-state index in [1.165, 1.54) is 11.3 Å². The quantitative estimate of drug-likeness (QED) is 0.682. The highest BCUT2D eigenvalue weighted by Crippen LogP contribution is 2.24. The summed E-state index contributed by atoms with van der Waals surface area (Å²) >= 11 is 1.43. The van der Waals surface area contributed by atoms with E-state index in [9.17, 15) is 4.79 Å². The van der Waals surface area contributed by atoms with Crippen molar-refractivity contribution in [1.82, 2.24) is 9.88 Å². The Morgan fingerprint density at radius 3 is 2.79 bits per heavy atom. The van der Waals surface area contributed by atoms with Gasteiger partial charge in [-0.25, -0.2) is 4.98 Å². The number of hydrogen-bond acceptors (Lipinski definition) is 5. The zero-order valence-corrected chi connectivity index (χ0v) is 13.7. The lowest BCUT2D eigenvalue weighted by Gasteiger charge is -2.19. The van der Waals surface area contributed by atoms with Gasteiger partial charge in [0, 0.05) is 17.5 Å². The second-order valence-corrected chi connectivity index (χ2v) is 5.98. The molecule has 1 amide bonds. The van der Waals surface area contributed by atoms with Crippen molar-refractivity contribution < 1.29 is 9.21 Å². The van der Waals surface area contributed by atoms with Gasteiger partial charge < -0.3 is 9.32 Å². The molecule has 24 heavy (non-hydrogen) atoms. The molecule has 2 heterocycles. The lowest BCUT2D eigenvalue weighted by atomic mass is 10.2. The second-order valence-electron chi connectivity index (χ2n) is 5.12. The van der Waals surface area contributed by atoms with Crippen LogP contribution >= 0.6 is 11.3 Å². The van der Waals surface area contributed by atoms with Gasteiger partial charge in [0.2, 0.25) is 0 Å². The molecule has 0 aliphatic carbocycles. The summed E-state index contributed by atoms with van der Waals surface area (Å²) in [4.78, 5) is 18.8. The minimum absolute atomic E-state index is 0.194. The van der Waals surface area contributed by atoms with Crippen molar-refractivity contribution in [3.05, 3.63) is 65.6 Å². The molecule has 0 aliphatic heterocycles. The number of carbonyl (C=O) groups is 1. The van der Waals surface area contributed by atoms with Crippen molar-refractivity contribution in [1.29, 1.82) is 5.26 Å². The topological polar surface area (TPSA) is 70.1 Å².